The van der Waals surface area contributed by atoms with E-state index in [-0.39, 0.29) is 5.91 Å². The van der Waals surface area contributed by atoms with Gasteiger partial charge in [-0.25, -0.2) is 4.98 Å². The molecule has 30 heavy (non-hydrogen) atoms. The molecule has 2 aromatic heterocycles. The normalized spacial score (nSPS) is 24.3. The Morgan fingerprint density at radius 2 is 2.00 bits per heavy atom. The molecule has 2 aromatic rings. The molecule has 0 aliphatic carbocycles. The van der Waals surface area contributed by atoms with Gasteiger partial charge in [0.15, 0.2) is 0 Å². The average Bonchev–Trinajstić information content (AvgIpc) is 3.15. The number of aromatic nitrogens is 2. The zero-order valence-corrected chi connectivity index (χ0v) is 18.3. The van der Waals surface area contributed by atoms with E-state index in [9.17, 15) is 4.79 Å². The molecule has 1 amide bonds. The molecular formula is C23H35N5O2. The summed E-state index contributed by atoms with van der Waals surface area (Å²) in [5.41, 5.74) is 2.34. The van der Waals surface area contributed by atoms with Crippen LogP contribution in [0.25, 0.3) is 11.0 Å². The molecule has 0 bridgehead atoms. The SMILES string of the molecule is CC1CN(CCCNC(=O)CN2CCC(c3c[nH]c4ncccc34)CC2)CC(C)O1. The number of carbonyl (C=O) groups excluding carboxylic acids is 1. The second-order valence-electron chi connectivity index (χ2n) is 8.91. The lowest BCUT2D eigenvalue weighted by molar-refractivity contribution is -0.122. The van der Waals surface area contributed by atoms with Gasteiger partial charge in [0, 0.05) is 44.0 Å². The molecule has 2 N–H and O–H groups in total. The van der Waals surface area contributed by atoms with Crippen LogP contribution in [0.1, 0.15) is 44.6 Å². The van der Waals surface area contributed by atoms with Crippen molar-refractivity contribution in [3.05, 3.63) is 30.1 Å². The van der Waals surface area contributed by atoms with E-state index in [0.29, 0.717) is 24.7 Å². The van der Waals surface area contributed by atoms with Crippen LogP contribution in [0.15, 0.2) is 24.5 Å². The molecule has 2 aliphatic rings. The van der Waals surface area contributed by atoms with Gasteiger partial charge in [0.25, 0.3) is 0 Å². The zero-order chi connectivity index (χ0) is 20.9. The molecule has 0 radical (unpaired) electrons. The van der Waals surface area contributed by atoms with E-state index in [1.165, 1.54) is 10.9 Å². The number of pyridine rings is 1. The quantitative estimate of drug-likeness (QED) is 0.682. The summed E-state index contributed by atoms with van der Waals surface area (Å²) >= 11 is 0. The van der Waals surface area contributed by atoms with E-state index in [1.54, 1.807) is 0 Å². The monoisotopic (exact) mass is 413 g/mol. The average molecular weight is 414 g/mol. The lowest BCUT2D eigenvalue weighted by Gasteiger charge is -2.35. The van der Waals surface area contributed by atoms with Crippen molar-refractivity contribution in [1.82, 2.24) is 25.1 Å². The highest BCUT2D eigenvalue weighted by atomic mass is 16.5. The highest BCUT2D eigenvalue weighted by Crippen LogP contribution is 2.32. The minimum atomic E-state index is 0.147. The molecule has 164 valence electrons. The Morgan fingerprint density at radius 1 is 1.23 bits per heavy atom. The molecule has 0 saturated carbocycles. The van der Waals surface area contributed by atoms with Crippen LogP contribution >= 0.6 is 0 Å². The van der Waals surface area contributed by atoms with Gasteiger partial charge < -0.3 is 15.0 Å². The van der Waals surface area contributed by atoms with Crippen molar-refractivity contribution in [2.24, 2.45) is 0 Å². The maximum absolute atomic E-state index is 12.4. The van der Waals surface area contributed by atoms with E-state index < -0.39 is 0 Å². The van der Waals surface area contributed by atoms with Crippen LogP contribution in [0, 0.1) is 0 Å². The number of hydrogen-bond acceptors (Lipinski definition) is 5. The van der Waals surface area contributed by atoms with Crippen LogP contribution in [0.3, 0.4) is 0 Å². The standard InChI is InChI=1S/C23H35N5O2/c1-17-14-28(15-18(2)30-17)10-4-9-24-22(29)16-27-11-6-19(7-12-27)21-13-26-23-20(21)5-3-8-25-23/h3,5,8,13,17-19H,4,6-7,9-12,14-16H2,1-2H3,(H,24,29)(H,25,26). The van der Waals surface area contributed by atoms with E-state index in [0.717, 1.165) is 64.2 Å². The van der Waals surface area contributed by atoms with Crippen LogP contribution in [0.2, 0.25) is 0 Å². The fraction of sp³-hybridized carbons (Fsp3) is 0.652. The van der Waals surface area contributed by atoms with Gasteiger partial charge in [0.2, 0.25) is 5.91 Å². The molecular weight excluding hydrogens is 378 g/mol. The van der Waals surface area contributed by atoms with Gasteiger partial charge >= 0.3 is 0 Å². The van der Waals surface area contributed by atoms with Gasteiger partial charge in [0.05, 0.1) is 18.8 Å². The molecule has 2 unspecified atom stereocenters. The number of H-pyrrole nitrogens is 1. The summed E-state index contributed by atoms with van der Waals surface area (Å²) in [4.78, 5) is 24.8. The van der Waals surface area contributed by atoms with Crippen molar-refractivity contribution < 1.29 is 9.53 Å². The molecule has 4 rings (SSSR count). The third kappa shape index (κ3) is 5.39. The van der Waals surface area contributed by atoms with Crippen molar-refractivity contribution >= 4 is 16.9 Å². The summed E-state index contributed by atoms with van der Waals surface area (Å²) in [6, 6.07) is 4.14. The van der Waals surface area contributed by atoms with Gasteiger partial charge in [-0.3, -0.25) is 14.6 Å². The summed E-state index contributed by atoms with van der Waals surface area (Å²) < 4.78 is 5.78. The van der Waals surface area contributed by atoms with Gasteiger partial charge in [-0.05, 0) is 69.8 Å². The summed E-state index contributed by atoms with van der Waals surface area (Å²) in [6.45, 7) is 10.4. The number of nitrogens with zero attached hydrogens (tertiary/aromatic N) is 3. The third-order valence-corrected chi connectivity index (χ3v) is 6.35. The lowest BCUT2D eigenvalue weighted by atomic mass is 9.89. The molecule has 0 spiro atoms. The number of aromatic amines is 1. The van der Waals surface area contributed by atoms with Crippen molar-refractivity contribution in [2.75, 3.05) is 45.8 Å². The predicted molar refractivity (Wildman–Crippen MR) is 119 cm³/mol. The van der Waals surface area contributed by atoms with Gasteiger partial charge in [-0.1, -0.05) is 0 Å². The van der Waals surface area contributed by atoms with Crippen LogP contribution < -0.4 is 5.32 Å². The van der Waals surface area contributed by atoms with E-state index in [4.69, 9.17) is 4.74 Å². The van der Waals surface area contributed by atoms with Crippen LogP contribution in [-0.2, 0) is 9.53 Å². The highest BCUT2D eigenvalue weighted by molar-refractivity contribution is 5.80. The number of piperidine rings is 1. The first-order valence-corrected chi connectivity index (χ1v) is 11.4. The number of fused-ring (bicyclic) bond motifs is 1. The lowest BCUT2D eigenvalue weighted by Crippen LogP contribution is -2.46. The third-order valence-electron chi connectivity index (χ3n) is 6.35. The molecule has 0 aromatic carbocycles. The summed E-state index contributed by atoms with van der Waals surface area (Å²) in [7, 11) is 0. The van der Waals surface area contributed by atoms with Gasteiger partial charge in [-0.15, -0.1) is 0 Å². The Bertz CT molecular complexity index is 820. The second kappa shape index (κ2) is 9.90. The number of carbonyl (C=O) groups is 1. The minimum Gasteiger partial charge on any atom is -0.373 e. The molecule has 2 atom stereocenters. The molecule has 2 aliphatic heterocycles. The van der Waals surface area contributed by atoms with Crippen molar-refractivity contribution in [3.63, 3.8) is 0 Å². The van der Waals surface area contributed by atoms with Crippen molar-refractivity contribution in [1.29, 1.82) is 0 Å². The Hall–Kier alpha value is -1.96. The van der Waals surface area contributed by atoms with Gasteiger partial charge in [0.1, 0.15) is 5.65 Å². The number of morpholine rings is 1. The van der Waals surface area contributed by atoms with E-state index >= 15 is 0 Å². The van der Waals surface area contributed by atoms with Crippen molar-refractivity contribution in [2.45, 2.75) is 51.2 Å². The number of rotatable bonds is 7. The van der Waals surface area contributed by atoms with Crippen molar-refractivity contribution in [3.8, 4) is 0 Å². The number of hydrogen-bond donors (Lipinski definition) is 2. The molecule has 4 heterocycles. The largest absolute Gasteiger partial charge is 0.373 e. The molecule has 7 heteroatoms. The summed E-state index contributed by atoms with van der Waals surface area (Å²) in [5, 5.41) is 4.34. The van der Waals surface area contributed by atoms with Crippen LogP contribution in [0.4, 0.5) is 0 Å². The Labute approximate surface area is 179 Å². The first kappa shape index (κ1) is 21.3. The maximum atomic E-state index is 12.4. The predicted octanol–water partition coefficient (Wildman–Crippen LogP) is 2.36. The fourth-order valence-corrected chi connectivity index (χ4v) is 4.97. The minimum absolute atomic E-state index is 0.147. The smallest absolute Gasteiger partial charge is 0.234 e. The topological polar surface area (TPSA) is 73.5 Å². The molecule has 7 nitrogen and oxygen atoms in total. The fourth-order valence-electron chi connectivity index (χ4n) is 4.97. The first-order chi connectivity index (χ1) is 14.6. The Kier molecular flexibility index (Phi) is 7.02. The number of amides is 1. The number of ether oxygens (including phenoxy) is 1. The summed E-state index contributed by atoms with van der Waals surface area (Å²) in [6.07, 6.45) is 7.69. The molecule has 2 fully saturated rings. The number of likely N-dealkylation sites (tertiary alicyclic amines) is 1. The second-order valence-corrected chi connectivity index (χ2v) is 8.91. The van der Waals surface area contributed by atoms with Crippen LogP contribution in [-0.4, -0.2) is 83.7 Å². The molecule has 2 saturated heterocycles. The first-order valence-electron chi connectivity index (χ1n) is 11.4. The van der Waals surface area contributed by atoms with E-state index in [2.05, 4.69) is 51.2 Å². The summed E-state index contributed by atoms with van der Waals surface area (Å²) in [5.74, 6) is 0.689. The Balaban J connectivity index is 1.14. The zero-order valence-electron chi connectivity index (χ0n) is 18.3. The van der Waals surface area contributed by atoms with E-state index in [1.807, 2.05) is 12.3 Å². The number of nitrogens with one attached hydrogen (secondary N) is 2. The van der Waals surface area contributed by atoms with Crippen LogP contribution in [0.5, 0.6) is 0 Å². The highest BCUT2D eigenvalue weighted by Gasteiger charge is 2.24. The Morgan fingerprint density at radius 3 is 2.77 bits per heavy atom. The van der Waals surface area contributed by atoms with Gasteiger partial charge in [-0.2, -0.15) is 0 Å². The maximum Gasteiger partial charge on any atom is 0.234 e.